The second kappa shape index (κ2) is 5.07. The number of ketones is 1. The summed E-state index contributed by atoms with van der Waals surface area (Å²) < 4.78 is 5.29. The number of nitrogens with zero attached hydrogens (tertiary/aromatic N) is 1. The third-order valence-corrected chi connectivity index (χ3v) is 3.69. The van der Waals surface area contributed by atoms with E-state index in [1.807, 2.05) is 24.3 Å². The van der Waals surface area contributed by atoms with Gasteiger partial charge >= 0.3 is 0 Å². The van der Waals surface area contributed by atoms with Gasteiger partial charge in [0.15, 0.2) is 5.78 Å². The first-order valence-corrected chi connectivity index (χ1v) is 6.42. The lowest BCUT2D eigenvalue weighted by Crippen LogP contribution is -2.30. The van der Waals surface area contributed by atoms with Gasteiger partial charge < -0.3 is 10.1 Å². The molecule has 2 heterocycles. The van der Waals surface area contributed by atoms with Gasteiger partial charge in [0.2, 0.25) is 0 Å². The van der Waals surface area contributed by atoms with Crippen molar-refractivity contribution in [1.29, 1.82) is 0 Å². The molecule has 1 aromatic heterocycles. The molecule has 2 unspecified atom stereocenters. The van der Waals surface area contributed by atoms with Crippen molar-refractivity contribution in [2.45, 2.75) is 18.6 Å². The van der Waals surface area contributed by atoms with Gasteiger partial charge in [0, 0.05) is 37.0 Å². The molecule has 0 radical (unpaired) electrons. The normalized spacial score (nSPS) is 22.8. The Bertz CT molecular complexity index is 607. The van der Waals surface area contributed by atoms with E-state index >= 15 is 0 Å². The molecule has 1 saturated heterocycles. The predicted octanol–water partition coefficient (Wildman–Crippen LogP) is 1.79. The van der Waals surface area contributed by atoms with Crippen LogP contribution in [0.2, 0.25) is 0 Å². The Kier molecular flexibility index (Phi) is 3.27. The number of carbonyl (C=O) groups excluding carboxylic acids is 1. The van der Waals surface area contributed by atoms with E-state index in [2.05, 4.69) is 10.3 Å². The number of benzene rings is 1. The van der Waals surface area contributed by atoms with Gasteiger partial charge in [-0.3, -0.25) is 9.78 Å². The largest absolute Gasteiger partial charge is 0.380 e. The van der Waals surface area contributed by atoms with Gasteiger partial charge in [-0.05, 0) is 17.9 Å². The second-order valence-electron chi connectivity index (χ2n) is 4.82. The van der Waals surface area contributed by atoms with Crippen molar-refractivity contribution >= 4 is 16.6 Å². The molecule has 2 atom stereocenters. The highest BCUT2D eigenvalue weighted by Crippen LogP contribution is 2.21. The first-order valence-electron chi connectivity index (χ1n) is 6.42. The number of carbonyl (C=O) groups is 1. The molecule has 0 bridgehead atoms. The average Bonchev–Trinajstić information content (AvgIpc) is 2.95. The molecule has 0 spiro atoms. The summed E-state index contributed by atoms with van der Waals surface area (Å²) in [5, 5.41) is 5.19. The van der Waals surface area contributed by atoms with Gasteiger partial charge in [-0.25, -0.2) is 0 Å². The van der Waals surface area contributed by atoms with E-state index in [1.54, 1.807) is 19.5 Å². The van der Waals surface area contributed by atoms with E-state index < -0.39 is 0 Å². The fourth-order valence-corrected chi connectivity index (χ4v) is 2.61. The quantitative estimate of drug-likeness (QED) is 0.851. The number of fused-ring (bicyclic) bond motifs is 1. The van der Waals surface area contributed by atoms with Crippen molar-refractivity contribution in [2.75, 3.05) is 13.7 Å². The van der Waals surface area contributed by atoms with E-state index in [1.165, 1.54) is 0 Å². The zero-order valence-corrected chi connectivity index (χ0v) is 10.8. The van der Waals surface area contributed by atoms with Gasteiger partial charge in [-0.1, -0.05) is 18.2 Å². The first-order chi connectivity index (χ1) is 9.29. The number of nitrogens with one attached hydrogen (secondary N) is 1. The number of rotatable bonds is 3. The van der Waals surface area contributed by atoms with Crippen LogP contribution in [0.1, 0.15) is 16.8 Å². The Morgan fingerprint density at radius 3 is 3.11 bits per heavy atom. The second-order valence-corrected chi connectivity index (χ2v) is 4.82. The number of hydrogen-bond donors (Lipinski definition) is 1. The third-order valence-electron chi connectivity index (χ3n) is 3.69. The summed E-state index contributed by atoms with van der Waals surface area (Å²) in [4.78, 5) is 16.7. The van der Waals surface area contributed by atoms with Crippen LogP contribution in [0.4, 0.5) is 0 Å². The van der Waals surface area contributed by atoms with E-state index in [9.17, 15) is 4.79 Å². The van der Waals surface area contributed by atoms with Crippen LogP contribution in [0.15, 0.2) is 36.7 Å². The Morgan fingerprint density at radius 1 is 1.42 bits per heavy atom. The maximum atomic E-state index is 12.6. The molecule has 1 fully saturated rings. The summed E-state index contributed by atoms with van der Waals surface area (Å²) in [5.74, 6) is 0.136. The highest BCUT2D eigenvalue weighted by Gasteiger charge is 2.30. The highest BCUT2D eigenvalue weighted by molar-refractivity contribution is 6.10. The van der Waals surface area contributed by atoms with Gasteiger partial charge in [0.25, 0.3) is 0 Å². The Balaban J connectivity index is 1.94. The van der Waals surface area contributed by atoms with Crippen LogP contribution in [-0.4, -0.2) is 36.6 Å². The Hall–Kier alpha value is -1.78. The van der Waals surface area contributed by atoms with Gasteiger partial charge in [0.05, 0.1) is 12.1 Å². The molecule has 1 N–H and O–H groups in total. The van der Waals surface area contributed by atoms with Crippen molar-refractivity contribution in [2.24, 2.45) is 0 Å². The minimum atomic E-state index is -0.149. The van der Waals surface area contributed by atoms with E-state index in [4.69, 9.17) is 4.74 Å². The van der Waals surface area contributed by atoms with E-state index in [0.29, 0.717) is 0 Å². The fraction of sp³-hybridized carbons (Fsp3) is 0.333. The van der Waals surface area contributed by atoms with Crippen molar-refractivity contribution < 1.29 is 9.53 Å². The lowest BCUT2D eigenvalue weighted by molar-refractivity contribution is 0.0920. The molecule has 2 aromatic rings. The van der Waals surface area contributed by atoms with Gasteiger partial charge in [0.1, 0.15) is 0 Å². The topological polar surface area (TPSA) is 51.2 Å². The Morgan fingerprint density at radius 2 is 2.32 bits per heavy atom. The predicted molar refractivity (Wildman–Crippen MR) is 73.3 cm³/mol. The molecule has 0 aliphatic carbocycles. The summed E-state index contributed by atoms with van der Waals surface area (Å²) in [7, 11) is 1.68. The SMILES string of the molecule is COC1CNC(C(=O)c2cccc3cnccc23)C1. The van der Waals surface area contributed by atoms with Crippen LogP contribution in [0.5, 0.6) is 0 Å². The molecule has 0 amide bonds. The van der Waals surface area contributed by atoms with Crippen molar-refractivity contribution in [3.63, 3.8) is 0 Å². The number of methoxy groups -OCH3 is 1. The fourth-order valence-electron chi connectivity index (χ4n) is 2.61. The third kappa shape index (κ3) is 2.25. The number of ether oxygens (including phenoxy) is 1. The number of Topliss-reactive ketones (excluding diaryl/α,β-unsaturated/α-hetero) is 1. The molecule has 98 valence electrons. The van der Waals surface area contributed by atoms with E-state index in [0.717, 1.165) is 29.3 Å². The molecule has 4 nitrogen and oxygen atoms in total. The van der Waals surface area contributed by atoms with Crippen LogP contribution >= 0.6 is 0 Å². The molecule has 0 saturated carbocycles. The van der Waals surface area contributed by atoms with Gasteiger partial charge in [-0.15, -0.1) is 0 Å². The maximum absolute atomic E-state index is 12.6. The summed E-state index contributed by atoms with van der Waals surface area (Å²) >= 11 is 0. The highest BCUT2D eigenvalue weighted by atomic mass is 16.5. The van der Waals surface area contributed by atoms with Crippen LogP contribution in [-0.2, 0) is 4.74 Å². The first kappa shape index (κ1) is 12.3. The molecule has 3 rings (SSSR count). The molecule has 4 heteroatoms. The molecule has 19 heavy (non-hydrogen) atoms. The van der Waals surface area contributed by atoms with Crippen LogP contribution in [0.3, 0.4) is 0 Å². The molecule has 1 aromatic carbocycles. The van der Waals surface area contributed by atoms with Gasteiger partial charge in [-0.2, -0.15) is 0 Å². The summed E-state index contributed by atoms with van der Waals surface area (Å²) in [6.45, 7) is 0.735. The van der Waals surface area contributed by atoms with Crippen molar-refractivity contribution in [3.8, 4) is 0 Å². The van der Waals surface area contributed by atoms with Crippen molar-refractivity contribution in [1.82, 2.24) is 10.3 Å². The zero-order valence-electron chi connectivity index (χ0n) is 10.8. The number of pyridine rings is 1. The monoisotopic (exact) mass is 256 g/mol. The summed E-state index contributed by atoms with van der Waals surface area (Å²) in [5.41, 5.74) is 0.758. The van der Waals surface area contributed by atoms with Crippen LogP contribution in [0.25, 0.3) is 10.8 Å². The molecule has 1 aliphatic rings. The van der Waals surface area contributed by atoms with Crippen LogP contribution in [0, 0.1) is 0 Å². The minimum absolute atomic E-state index is 0.130. The average molecular weight is 256 g/mol. The van der Waals surface area contributed by atoms with Crippen molar-refractivity contribution in [3.05, 3.63) is 42.2 Å². The molecular formula is C15H16N2O2. The molecular weight excluding hydrogens is 240 g/mol. The summed E-state index contributed by atoms with van der Waals surface area (Å²) in [6, 6.07) is 7.50. The van der Waals surface area contributed by atoms with Crippen LogP contribution < -0.4 is 5.32 Å². The number of aromatic nitrogens is 1. The summed E-state index contributed by atoms with van der Waals surface area (Å²) in [6.07, 6.45) is 4.37. The lowest BCUT2D eigenvalue weighted by atomic mass is 9.97. The number of hydrogen-bond acceptors (Lipinski definition) is 4. The maximum Gasteiger partial charge on any atom is 0.180 e. The van der Waals surface area contributed by atoms with E-state index in [-0.39, 0.29) is 17.9 Å². The molecule has 1 aliphatic heterocycles. The zero-order chi connectivity index (χ0) is 13.2. The lowest BCUT2D eigenvalue weighted by Gasteiger charge is -2.11. The standard InChI is InChI=1S/C15H16N2O2/c1-19-11-7-14(17-9-11)15(18)13-4-2-3-10-8-16-6-5-12(10)13/h2-6,8,11,14,17H,7,9H2,1H3. The minimum Gasteiger partial charge on any atom is -0.380 e. The smallest absolute Gasteiger partial charge is 0.180 e. The Labute approximate surface area is 111 Å².